The second-order valence-electron chi connectivity index (χ2n) is 8.00. The summed E-state index contributed by atoms with van der Waals surface area (Å²) in [6.45, 7) is 0.450. The number of rotatable bonds is 6. The molecule has 10 heteroatoms. The fraction of sp³-hybridized carbons (Fsp3) is 0.381. The summed E-state index contributed by atoms with van der Waals surface area (Å²) >= 11 is 6.20. The van der Waals surface area contributed by atoms with Gasteiger partial charge in [-0.25, -0.2) is 9.36 Å². The van der Waals surface area contributed by atoms with Gasteiger partial charge < -0.3 is 11.5 Å². The molecular weight excluding hydrogens is 418 g/mol. The number of carbonyl (C=O) groups is 1. The molecule has 0 spiro atoms. The Morgan fingerprint density at radius 1 is 1.19 bits per heavy atom. The molecule has 0 unspecified atom stereocenters. The van der Waals surface area contributed by atoms with Crippen molar-refractivity contribution in [1.82, 2.24) is 24.8 Å². The minimum Gasteiger partial charge on any atom is -0.368 e. The number of primary amides is 1. The lowest BCUT2D eigenvalue weighted by atomic mass is 9.68. The van der Waals surface area contributed by atoms with Gasteiger partial charge in [-0.15, -0.1) is 5.10 Å². The molecule has 31 heavy (non-hydrogen) atoms. The average molecular weight is 442 g/mol. The summed E-state index contributed by atoms with van der Waals surface area (Å²) in [4.78, 5) is 23.6. The Morgan fingerprint density at radius 3 is 2.65 bits per heavy atom. The maximum absolute atomic E-state index is 12.6. The summed E-state index contributed by atoms with van der Waals surface area (Å²) in [7, 11) is 0. The van der Waals surface area contributed by atoms with E-state index in [1.807, 2.05) is 18.2 Å². The van der Waals surface area contributed by atoms with Crippen molar-refractivity contribution >= 4 is 17.5 Å². The maximum Gasteiger partial charge on any atom is 0.267 e. The molecule has 2 aromatic heterocycles. The van der Waals surface area contributed by atoms with Gasteiger partial charge in [-0.05, 0) is 49.4 Å². The van der Waals surface area contributed by atoms with Gasteiger partial charge in [0.25, 0.3) is 5.56 Å². The van der Waals surface area contributed by atoms with Crippen LogP contribution < -0.4 is 17.0 Å². The molecule has 1 aliphatic carbocycles. The van der Waals surface area contributed by atoms with E-state index in [0.717, 1.165) is 31.2 Å². The predicted octanol–water partition coefficient (Wildman–Crippen LogP) is 1.65. The van der Waals surface area contributed by atoms with Crippen LogP contribution in [0.15, 0.2) is 47.4 Å². The van der Waals surface area contributed by atoms with Crippen molar-refractivity contribution in [3.05, 3.63) is 63.5 Å². The van der Waals surface area contributed by atoms with Crippen molar-refractivity contribution < 1.29 is 4.79 Å². The van der Waals surface area contributed by atoms with Crippen LogP contribution in [0.2, 0.25) is 5.02 Å². The van der Waals surface area contributed by atoms with E-state index in [9.17, 15) is 9.59 Å². The van der Waals surface area contributed by atoms with E-state index in [1.54, 1.807) is 12.3 Å². The van der Waals surface area contributed by atoms with E-state index < -0.39 is 5.91 Å². The Morgan fingerprint density at radius 2 is 1.97 bits per heavy atom. The van der Waals surface area contributed by atoms with Crippen LogP contribution in [0.5, 0.6) is 0 Å². The first kappa shape index (κ1) is 21.2. The molecule has 1 aromatic carbocycles. The number of nitrogens with two attached hydrogens (primary N) is 2. The van der Waals surface area contributed by atoms with Gasteiger partial charge in [0.15, 0.2) is 0 Å². The number of hydrogen-bond donors (Lipinski definition) is 2. The smallest absolute Gasteiger partial charge is 0.267 e. The number of benzene rings is 1. The highest BCUT2D eigenvalue weighted by Crippen LogP contribution is 2.42. The molecule has 2 heterocycles. The zero-order valence-electron chi connectivity index (χ0n) is 16.9. The third kappa shape index (κ3) is 4.38. The van der Waals surface area contributed by atoms with Crippen LogP contribution in [-0.4, -0.2) is 37.2 Å². The fourth-order valence-corrected chi connectivity index (χ4v) is 4.50. The zero-order chi connectivity index (χ0) is 22.0. The number of hydrogen-bond acceptors (Lipinski definition) is 6. The van der Waals surface area contributed by atoms with Crippen LogP contribution in [0.25, 0.3) is 11.4 Å². The molecule has 9 nitrogen and oxygen atoms in total. The number of aromatic nitrogens is 5. The molecular formula is C21H24ClN7O2. The van der Waals surface area contributed by atoms with Crippen LogP contribution in [0, 0.1) is 0 Å². The molecule has 0 saturated heterocycles. The molecule has 1 fully saturated rings. The second kappa shape index (κ2) is 8.60. The van der Waals surface area contributed by atoms with Crippen molar-refractivity contribution in [2.75, 3.05) is 6.54 Å². The lowest BCUT2D eigenvalue weighted by molar-refractivity contribution is -0.118. The van der Waals surface area contributed by atoms with Crippen LogP contribution in [-0.2, 0) is 16.8 Å². The van der Waals surface area contributed by atoms with Gasteiger partial charge in [0.2, 0.25) is 5.91 Å². The molecule has 1 saturated carbocycles. The van der Waals surface area contributed by atoms with Gasteiger partial charge in [0, 0.05) is 23.0 Å². The summed E-state index contributed by atoms with van der Waals surface area (Å²) in [6, 6.07) is 10.9. The Bertz CT molecular complexity index is 1150. The van der Waals surface area contributed by atoms with Crippen LogP contribution >= 0.6 is 11.6 Å². The number of nitrogens with zero attached hydrogens (tertiary/aromatic N) is 5. The van der Waals surface area contributed by atoms with E-state index in [0.29, 0.717) is 23.0 Å². The molecule has 0 bridgehead atoms. The molecule has 0 aliphatic heterocycles. The van der Waals surface area contributed by atoms with Crippen LogP contribution in [0.4, 0.5) is 0 Å². The molecule has 4 rings (SSSR count). The molecule has 162 valence electrons. The zero-order valence-corrected chi connectivity index (χ0v) is 17.7. The molecule has 1 amide bonds. The molecule has 1 aliphatic rings. The van der Waals surface area contributed by atoms with Gasteiger partial charge >= 0.3 is 0 Å². The van der Waals surface area contributed by atoms with E-state index in [2.05, 4.69) is 21.5 Å². The predicted molar refractivity (Wildman–Crippen MR) is 116 cm³/mol. The minimum atomic E-state index is -0.514. The topological polar surface area (TPSA) is 135 Å². The molecule has 0 atom stereocenters. The summed E-state index contributed by atoms with van der Waals surface area (Å²) in [5.41, 5.74) is 13.2. The molecule has 3 aromatic rings. The first-order valence-electron chi connectivity index (χ1n) is 10.1. The van der Waals surface area contributed by atoms with Crippen molar-refractivity contribution in [1.29, 1.82) is 0 Å². The van der Waals surface area contributed by atoms with Crippen molar-refractivity contribution in [3.63, 3.8) is 0 Å². The highest BCUT2D eigenvalue weighted by molar-refractivity contribution is 6.30. The highest BCUT2D eigenvalue weighted by atomic mass is 35.5. The summed E-state index contributed by atoms with van der Waals surface area (Å²) < 4.78 is 2.87. The van der Waals surface area contributed by atoms with E-state index in [1.165, 1.54) is 15.4 Å². The van der Waals surface area contributed by atoms with Crippen molar-refractivity contribution in [2.45, 2.75) is 43.7 Å². The van der Waals surface area contributed by atoms with E-state index >= 15 is 0 Å². The van der Waals surface area contributed by atoms with Gasteiger partial charge in [-0.3, -0.25) is 9.59 Å². The highest BCUT2D eigenvalue weighted by Gasteiger charge is 2.37. The lowest BCUT2D eigenvalue weighted by Gasteiger charge is -2.40. The third-order valence-electron chi connectivity index (χ3n) is 6.03. The number of carbonyl (C=O) groups excluding carboxylic acids is 1. The summed E-state index contributed by atoms with van der Waals surface area (Å²) in [5.74, 6) is -0.514. The first-order chi connectivity index (χ1) is 14.9. The SMILES string of the molecule is NCC1(c2cccc(Cl)c2)CCC(n2nc(-c3cn(CC(N)=O)nn3)ccc2=O)CC1. The van der Waals surface area contributed by atoms with Gasteiger partial charge in [-0.1, -0.05) is 28.9 Å². The van der Waals surface area contributed by atoms with Crippen molar-refractivity contribution in [3.8, 4) is 11.4 Å². The Labute approximate surface area is 184 Å². The van der Waals surface area contributed by atoms with Gasteiger partial charge in [0.1, 0.15) is 17.9 Å². The summed E-state index contributed by atoms with van der Waals surface area (Å²) in [6.07, 6.45) is 4.80. The average Bonchev–Trinajstić information content (AvgIpc) is 3.22. The van der Waals surface area contributed by atoms with Crippen LogP contribution in [0.1, 0.15) is 37.3 Å². The Hall–Kier alpha value is -3.04. The maximum atomic E-state index is 12.6. The van der Waals surface area contributed by atoms with Crippen molar-refractivity contribution in [2.24, 2.45) is 11.5 Å². The molecule has 0 radical (unpaired) electrons. The Balaban J connectivity index is 1.56. The van der Waals surface area contributed by atoms with E-state index in [4.69, 9.17) is 23.1 Å². The summed E-state index contributed by atoms with van der Waals surface area (Å²) in [5, 5.41) is 13.2. The third-order valence-corrected chi connectivity index (χ3v) is 6.26. The first-order valence-corrected chi connectivity index (χ1v) is 10.5. The van der Waals surface area contributed by atoms with Gasteiger partial charge in [0.05, 0.1) is 12.2 Å². The monoisotopic (exact) mass is 441 g/mol. The lowest BCUT2D eigenvalue weighted by Crippen LogP contribution is -2.41. The normalized spacial score (nSPS) is 21.2. The molecule has 4 N–H and O–H groups in total. The Kier molecular flexibility index (Phi) is 5.88. The minimum absolute atomic E-state index is 0.0352. The second-order valence-corrected chi connectivity index (χ2v) is 8.43. The number of amides is 1. The van der Waals surface area contributed by atoms with Gasteiger partial charge in [-0.2, -0.15) is 5.10 Å². The fourth-order valence-electron chi connectivity index (χ4n) is 4.30. The van der Waals surface area contributed by atoms with Crippen LogP contribution in [0.3, 0.4) is 0 Å². The number of halogens is 1. The quantitative estimate of drug-likeness (QED) is 0.597. The standard InChI is InChI=1S/C21H24ClN7O2/c22-15-3-1-2-14(10-15)21(13-23)8-6-16(7-9-21)29-20(31)5-4-17(26-29)18-11-28(27-25-18)12-19(24)30/h1-5,10-11,16H,6-9,12-13,23H2,(H2,24,30). The van der Waals surface area contributed by atoms with E-state index in [-0.39, 0.29) is 23.6 Å². The largest absolute Gasteiger partial charge is 0.368 e.